The first-order valence-corrected chi connectivity index (χ1v) is 6.57. The maximum atomic E-state index is 12.5. The van der Waals surface area contributed by atoms with Crippen molar-refractivity contribution < 1.29 is 17.9 Å². The van der Waals surface area contributed by atoms with Crippen LogP contribution in [0, 0.1) is 0 Å². The molecule has 0 saturated heterocycles. The first-order valence-electron chi connectivity index (χ1n) is 5.37. The van der Waals surface area contributed by atoms with Gasteiger partial charge in [0.2, 0.25) is 5.28 Å². The van der Waals surface area contributed by atoms with E-state index in [-0.39, 0.29) is 28.1 Å². The molecule has 2 aromatic rings. The van der Waals surface area contributed by atoms with Crippen LogP contribution in [0.2, 0.25) is 5.28 Å². The van der Waals surface area contributed by atoms with E-state index in [0.29, 0.717) is 11.3 Å². The highest BCUT2D eigenvalue weighted by Crippen LogP contribution is 2.35. The Balaban J connectivity index is 2.37. The van der Waals surface area contributed by atoms with Gasteiger partial charge in [-0.3, -0.25) is 0 Å². The molecule has 0 atom stereocenters. The average Bonchev–Trinajstić information content (AvgIpc) is 2.75. The van der Waals surface area contributed by atoms with Gasteiger partial charge in [-0.25, -0.2) is 4.98 Å². The molecular formula is C10H8ClF3N4OS. The molecule has 0 aliphatic carbocycles. The zero-order chi connectivity index (χ0) is 14.9. The Kier molecular flexibility index (Phi) is 4.09. The molecule has 2 aromatic heterocycles. The van der Waals surface area contributed by atoms with Gasteiger partial charge in [-0.1, -0.05) is 0 Å². The molecule has 0 amide bonds. The number of ether oxygens (including phenoxy) is 1. The van der Waals surface area contributed by atoms with E-state index in [9.17, 15) is 13.2 Å². The first kappa shape index (κ1) is 14.9. The number of halogens is 4. The van der Waals surface area contributed by atoms with Crippen molar-refractivity contribution in [2.45, 2.75) is 26.1 Å². The number of nitrogens with zero attached hydrogens (tertiary/aromatic N) is 4. The van der Waals surface area contributed by atoms with E-state index in [4.69, 9.17) is 16.3 Å². The molecule has 2 heterocycles. The predicted molar refractivity (Wildman–Crippen MR) is 66.7 cm³/mol. The Bertz CT molecular complexity index is 617. The lowest BCUT2D eigenvalue weighted by atomic mass is 10.5. The normalized spacial score (nSPS) is 11.9. The number of hydrogen-bond acceptors (Lipinski definition) is 6. The molecule has 0 radical (unpaired) electrons. The van der Waals surface area contributed by atoms with Crippen molar-refractivity contribution in [3.63, 3.8) is 0 Å². The SMILES string of the molecule is CC(C)Oc1nc(Cl)nc(-c2cnc(C(F)(F)F)s2)n1. The summed E-state index contributed by atoms with van der Waals surface area (Å²) < 4.78 is 42.7. The van der Waals surface area contributed by atoms with Crippen molar-refractivity contribution in [1.29, 1.82) is 0 Å². The highest BCUT2D eigenvalue weighted by molar-refractivity contribution is 7.15. The Labute approximate surface area is 120 Å². The molecule has 0 N–H and O–H groups in total. The molecule has 0 aromatic carbocycles. The monoisotopic (exact) mass is 324 g/mol. The highest BCUT2D eigenvalue weighted by atomic mass is 35.5. The molecular weight excluding hydrogens is 317 g/mol. The van der Waals surface area contributed by atoms with Crippen LogP contribution < -0.4 is 4.74 Å². The van der Waals surface area contributed by atoms with E-state index in [1.165, 1.54) is 0 Å². The van der Waals surface area contributed by atoms with Crippen molar-refractivity contribution in [1.82, 2.24) is 19.9 Å². The van der Waals surface area contributed by atoms with Gasteiger partial charge in [0.1, 0.15) is 0 Å². The van der Waals surface area contributed by atoms with Crippen LogP contribution in [-0.2, 0) is 6.18 Å². The Morgan fingerprint density at radius 3 is 2.50 bits per heavy atom. The third-order valence-electron chi connectivity index (χ3n) is 1.90. The lowest BCUT2D eigenvalue weighted by Gasteiger charge is -2.07. The topological polar surface area (TPSA) is 60.8 Å². The van der Waals surface area contributed by atoms with Gasteiger partial charge >= 0.3 is 12.2 Å². The molecule has 0 aliphatic heterocycles. The lowest BCUT2D eigenvalue weighted by Crippen LogP contribution is -2.09. The fourth-order valence-corrected chi connectivity index (χ4v) is 2.08. The van der Waals surface area contributed by atoms with E-state index in [1.54, 1.807) is 13.8 Å². The predicted octanol–water partition coefficient (Wildman–Crippen LogP) is 3.45. The standard InChI is InChI=1S/C10H8ClF3N4OS/c1-4(2)19-9-17-6(16-8(11)18-9)5-3-15-7(20-5)10(12,13)14/h3-4H,1-2H3. The van der Waals surface area contributed by atoms with Crippen molar-refractivity contribution in [2.24, 2.45) is 0 Å². The van der Waals surface area contributed by atoms with Gasteiger partial charge in [0.05, 0.1) is 11.0 Å². The van der Waals surface area contributed by atoms with Gasteiger partial charge < -0.3 is 4.74 Å². The number of thiazole rings is 1. The van der Waals surface area contributed by atoms with Crippen molar-refractivity contribution in [3.8, 4) is 16.7 Å². The van der Waals surface area contributed by atoms with Crippen LogP contribution in [0.3, 0.4) is 0 Å². The molecule has 0 aliphatic rings. The van der Waals surface area contributed by atoms with E-state index >= 15 is 0 Å². The Hall–Kier alpha value is -1.48. The first-order chi connectivity index (χ1) is 9.25. The average molecular weight is 325 g/mol. The van der Waals surface area contributed by atoms with E-state index < -0.39 is 11.2 Å². The van der Waals surface area contributed by atoms with Crippen molar-refractivity contribution in [3.05, 3.63) is 16.5 Å². The van der Waals surface area contributed by atoms with Crippen LogP contribution in [0.5, 0.6) is 6.01 Å². The minimum Gasteiger partial charge on any atom is -0.461 e. The van der Waals surface area contributed by atoms with Crippen LogP contribution in [0.25, 0.3) is 10.7 Å². The summed E-state index contributed by atoms with van der Waals surface area (Å²) in [7, 11) is 0. The van der Waals surface area contributed by atoms with Crippen molar-refractivity contribution >= 4 is 22.9 Å². The van der Waals surface area contributed by atoms with Gasteiger partial charge in [0.25, 0.3) is 0 Å². The number of rotatable bonds is 3. The smallest absolute Gasteiger partial charge is 0.443 e. The molecule has 0 spiro atoms. The molecule has 108 valence electrons. The lowest BCUT2D eigenvalue weighted by molar-refractivity contribution is -0.137. The van der Waals surface area contributed by atoms with Crippen LogP contribution in [0.4, 0.5) is 13.2 Å². The van der Waals surface area contributed by atoms with Crippen LogP contribution >= 0.6 is 22.9 Å². The molecule has 0 bridgehead atoms. The minimum absolute atomic E-state index is 0.00588. The maximum absolute atomic E-state index is 12.5. The third kappa shape index (κ3) is 3.54. The second-order valence-corrected chi connectivity index (χ2v) is 5.27. The second-order valence-electron chi connectivity index (χ2n) is 3.90. The zero-order valence-electron chi connectivity index (χ0n) is 10.3. The van der Waals surface area contributed by atoms with E-state index in [2.05, 4.69) is 19.9 Å². The summed E-state index contributed by atoms with van der Waals surface area (Å²) in [4.78, 5) is 14.9. The fraction of sp³-hybridized carbons (Fsp3) is 0.400. The quantitative estimate of drug-likeness (QED) is 0.865. The summed E-state index contributed by atoms with van der Waals surface area (Å²) in [6, 6.07) is -0.0445. The maximum Gasteiger partial charge on any atom is 0.443 e. The number of alkyl halides is 3. The van der Waals surface area contributed by atoms with Crippen LogP contribution in [0.1, 0.15) is 18.9 Å². The zero-order valence-corrected chi connectivity index (χ0v) is 11.8. The van der Waals surface area contributed by atoms with Gasteiger partial charge in [-0.05, 0) is 25.4 Å². The second kappa shape index (κ2) is 5.49. The van der Waals surface area contributed by atoms with E-state index in [1.807, 2.05) is 0 Å². The molecule has 20 heavy (non-hydrogen) atoms. The molecule has 0 saturated carbocycles. The van der Waals surface area contributed by atoms with E-state index in [0.717, 1.165) is 6.20 Å². The molecule has 0 unspecified atom stereocenters. The Morgan fingerprint density at radius 1 is 1.25 bits per heavy atom. The minimum atomic E-state index is -4.50. The van der Waals surface area contributed by atoms with Crippen LogP contribution in [0.15, 0.2) is 6.20 Å². The summed E-state index contributed by atoms with van der Waals surface area (Å²) in [6.07, 6.45) is -3.66. The molecule has 0 fully saturated rings. The van der Waals surface area contributed by atoms with Crippen LogP contribution in [-0.4, -0.2) is 26.0 Å². The highest BCUT2D eigenvalue weighted by Gasteiger charge is 2.35. The molecule has 2 rings (SSSR count). The van der Waals surface area contributed by atoms with Gasteiger partial charge in [0.15, 0.2) is 10.8 Å². The summed E-state index contributed by atoms with van der Waals surface area (Å²) in [5, 5.41) is -1.14. The van der Waals surface area contributed by atoms with Gasteiger partial charge in [-0.15, -0.1) is 11.3 Å². The summed E-state index contributed by atoms with van der Waals surface area (Å²) in [5.74, 6) is -0.00588. The summed E-state index contributed by atoms with van der Waals surface area (Å²) in [5.41, 5.74) is 0. The Morgan fingerprint density at radius 2 is 1.95 bits per heavy atom. The van der Waals surface area contributed by atoms with Gasteiger partial charge in [0, 0.05) is 6.20 Å². The summed E-state index contributed by atoms with van der Waals surface area (Å²) >= 11 is 6.13. The number of hydrogen-bond donors (Lipinski definition) is 0. The fourth-order valence-electron chi connectivity index (χ4n) is 1.21. The largest absolute Gasteiger partial charge is 0.461 e. The van der Waals surface area contributed by atoms with Gasteiger partial charge in [-0.2, -0.15) is 28.1 Å². The van der Waals surface area contributed by atoms with Crippen molar-refractivity contribution in [2.75, 3.05) is 0 Å². The molecule has 5 nitrogen and oxygen atoms in total. The molecule has 10 heteroatoms. The summed E-state index contributed by atoms with van der Waals surface area (Å²) in [6.45, 7) is 3.51. The number of aromatic nitrogens is 4. The third-order valence-corrected chi connectivity index (χ3v) is 3.10.